The molecule has 30 heavy (non-hydrogen) atoms. The van der Waals surface area contributed by atoms with E-state index in [-0.39, 0.29) is 16.7 Å². The van der Waals surface area contributed by atoms with Crippen LogP contribution in [-0.4, -0.2) is 10.4 Å². The van der Waals surface area contributed by atoms with Crippen LogP contribution in [0.1, 0.15) is 27.0 Å². The number of carbonyl (C=O) groups excluding carboxylic acids is 1. The third kappa shape index (κ3) is 4.29. The highest BCUT2D eigenvalue weighted by atomic mass is 19.4. The minimum atomic E-state index is -4.68. The molecule has 0 aliphatic heterocycles. The second-order valence-corrected chi connectivity index (χ2v) is 6.57. The number of alkyl halides is 6. The van der Waals surface area contributed by atoms with E-state index in [0.717, 1.165) is 42.6 Å². The summed E-state index contributed by atoms with van der Waals surface area (Å²) < 4.78 is 79.1. The molecular formula is C21H13F6NO2. The van der Waals surface area contributed by atoms with Crippen LogP contribution >= 0.6 is 0 Å². The largest absolute Gasteiger partial charge is 0.416 e. The van der Waals surface area contributed by atoms with Crippen LogP contribution in [-0.2, 0) is 19.4 Å². The highest BCUT2D eigenvalue weighted by Crippen LogP contribution is 2.32. The standard InChI is InChI=1S/C21H13F6NO2/c1-28-10-16(12-4-2-6-14(8-12)20(22,23)24)19(30)17(11-28)18(29)13-5-3-7-15(9-13)21(25,26)27/h2-11H,1H3. The van der Waals surface area contributed by atoms with Gasteiger partial charge in [0.1, 0.15) is 0 Å². The normalized spacial score (nSPS) is 12.1. The smallest absolute Gasteiger partial charge is 0.356 e. The van der Waals surface area contributed by atoms with Gasteiger partial charge in [0.15, 0.2) is 5.78 Å². The predicted octanol–water partition coefficient (Wildman–Crippen LogP) is 5.32. The average Bonchev–Trinajstić information content (AvgIpc) is 2.68. The van der Waals surface area contributed by atoms with E-state index < -0.39 is 40.3 Å². The second kappa shape index (κ2) is 7.47. The van der Waals surface area contributed by atoms with Crippen molar-refractivity contribution in [3.8, 4) is 11.1 Å². The van der Waals surface area contributed by atoms with Gasteiger partial charge in [-0.15, -0.1) is 0 Å². The Morgan fingerprint density at radius 2 is 1.40 bits per heavy atom. The lowest BCUT2D eigenvalue weighted by molar-refractivity contribution is -0.138. The van der Waals surface area contributed by atoms with Gasteiger partial charge in [-0.25, -0.2) is 0 Å². The van der Waals surface area contributed by atoms with Crippen LogP contribution in [0.5, 0.6) is 0 Å². The summed E-state index contributed by atoms with van der Waals surface area (Å²) in [4.78, 5) is 25.6. The number of aryl methyl sites for hydroxylation is 1. The van der Waals surface area contributed by atoms with Crippen molar-refractivity contribution in [3.05, 3.63) is 93.4 Å². The van der Waals surface area contributed by atoms with E-state index in [2.05, 4.69) is 0 Å². The number of aromatic nitrogens is 1. The molecule has 156 valence electrons. The summed E-state index contributed by atoms with van der Waals surface area (Å²) in [7, 11) is 1.44. The van der Waals surface area contributed by atoms with Crippen molar-refractivity contribution in [3.63, 3.8) is 0 Å². The van der Waals surface area contributed by atoms with Crippen LogP contribution in [0.4, 0.5) is 26.3 Å². The molecule has 1 aromatic heterocycles. The van der Waals surface area contributed by atoms with E-state index in [1.165, 1.54) is 23.9 Å². The molecule has 0 spiro atoms. The predicted molar refractivity (Wildman–Crippen MR) is 97.0 cm³/mol. The van der Waals surface area contributed by atoms with Gasteiger partial charge in [-0.05, 0) is 29.8 Å². The van der Waals surface area contributed by atoms with Gasteiger partial charge in [-0.3, -0.25) is 9.59 Å². The first kappa shape index (κ1) is 21.4. The number of pyridine rings is 1. The number of hydrogen-bond acceptors (Lipinski definition) is 2. The molecule has 0 radical (unpaired) electrons. The van der Waals surface area contributed by atoms with Gasteiger partial charge in [0.25, 0.3) is 0 Å². The number of rotatable bonds is 3. The van der Waals surface area contributed by atoms with Crippen molar-refractivity contribution in [2.24, 2.45) is 7.05 Å². The van der Waals surface area contributed by atoms with Crippen LogP contribution in [0.15, 0.2) is 65.7 Å². The Balaban J connectivity index is 2.13. The molecule has 3 nitrogen and oxygen atoms in total. The first-order chi connectivity index (χ1) is 13.9. The molecule has 0 unspecified atom stereocenters. The molecule has 0 saturated heterocycles. The van der Waals surface area contributed by atoms with Crippen LogP contribution in [0.2, 0.25) is 0 Å². The molecule has 3 rings (SSSR count). The molecular weight excluding hydrogens is 412 g/mol. The highest BCUT2D eigenvalue weighted by molar-refractivity contribution is 6.09. The average molecular weight is 425 g/mol. The van der Waals surface area contributed by atoms with Gasteiger partial charge in [-0.2, -0.15) is 26.3 Å². The van der Waals surface area contributed by atoms with Gasteiger partial charge in [0.2, 0.25) is 5.43 Å². The molecule has 0 N–H and O–H groups in total. The number of nitrogens with zero attached hydrogens (tertiary/aromatic N) is 1. The molecule has 2 aromatic carbocycles. The Bertz CT molecular complexity index is 1180. The quantitative estimate of drug-likeness (QED) is 0.421. The number of benzene rings is 2. The van der Waals surface area contributed by atoms with Crippen LogP contribution in [0.25, 0.3) is 11.1 Å². The fourth-order valence-corrected chi connectivity index (χ4v) is 2.93. The summed E-state index contributed by atoms with van der Waals surface area (Å²) in [6.45, 7) is 0. The van der Waals surface area contributed by atoms with Gasteiger partial charge < -0.3 is 4.57 Å². The van der Waals surface area contributed by atoms with E-state index in [0.29, 0.717) is 6.07 Å². The number of carbonyl (C=O) groups is 1. The lowest BCUT2D eigenvalue weighted by Gasteiger charge is -2.12. The summed E-state index contributed by atoms with van der Waals surface area (Å²) in [5, 5.41) is 0. The zero-order valence-electron chi connectivity index (χ0n) is 15.3. The Morgan fingerprint density at radius 1 is 0.833 bits per heavy atom. The van der Waals surface area contributed by atoms with E-state index in [1.54, 1.807) is 0 Å². The minimum Gasteiger partial charge on any atom is -0.356 e. The first-order valence-corrected chi connectivity index (χ1v) is 8.48. The van der Waals surface area contributed by atoms with Crippen molar-refractivity contribution in [1.29, 1.82) is 0 Å². The van der Waals surface area contributed by atoms with Gasteiger partial charge in [-0.1, -0.05) is 24.3 Å². The zero-order valence-corrected chi connectivity index (χ0v) is 15.3. The summed E-state index contributed by atoms with van der Waals surface area (Å²) in [5.41, 5.74) is -3.97. The van der Waals surface area contributed by atoms with Crippen molar-refractivity contribution in [1.82, 2.24) is 4.57 Å². The first-order valence-electron chi connectivity index (χ1n) is 8.48. The van der Waals surface area contributed by atoms with Gasteiger partial charge in [0.05, 0.1) is 16.7 Å². The fourth-order valence-electron chi connectivity index (χ4n) is 2.93. The van der Waals surface area contributed by atoms with Crippen LogP contribution < -0.4 is 5.43 Å². The van der Waals surface area contributed by atoms with Gasteiger partial charge in [0, 0.05) is 30.6 Å². The topological polar surface area (TPSA) is 39.1 Å². The van der Waals surface area contributed by atoms with E-state index >= 15 is 0 Å². The summed E-state index contributed by atoms with van der Waals surface area (Å²) in [6, 6.07) is 7.60. The zero-order chi connectivity index (χ0) is 22.3. The second-order valence-electron chi connectivity index (χ2n) is 6.57. The maximum Gasteiger partial charge on any atom is 0.416 e. The van der Waals surface area contributed by atoms with Crippen LogP contribution in [0.3, 0.4) is 0 Å². The van der Waals surface area contributed by atoms with Crippen molar-refractivity contribution in [2.75, 3.05) is 0 Å². The van der Waals surface area contributed by atoms with Crippen molar-refractivity contribution in [2.45, 2.75) is 12.4 Å². The van der Waals surface area contributed by atoms with E-state index in [4.69, 9.17) is 0 Å². The third-order valence-electron chi connectivity index (χ3n) is 4.35. The molecule has 3 aromatic rings. The highest BCUT2D eigenvalue weighted by Gasteiger charge is 2.32. The molecule has 0 aliphatic rings. The SMILES string of the molecule is Cn1cc(C(=O)c2cccc(C(F)(F)F)c2)c(=O)c(-c2cccc(C(F)(F)F)c2)c1. The van der Waals surface area contributed by atoms with Crippen molar-refractivity contribution >= 4 is 5.78 Å². The number of halogens is 6. The molecule has 0 bridgehead atoms. The summed E-state index contributed by atoms with van der Waals surface area (Å²) >= 11 is 0. The monoisotopic (exact) mass is 425 g/mol. The van der Waals surface area contributed by atoms with Crippen molar-refractivity contribution < 1.29 is 31.1 Å². The molecule has 0 aliphatic carbocycles. The Morgan fingerprint density at radius 3 is 2.00 bits per heavy atom. The molecule has 0 saturated carbocycles. The number of ketones is 1. The molecule has 0 atom stereocenters. The molecule has 0 fully saturated rings. The maximum absolute atomic E-state index is 13.0. The van der Waals surface area contributed by atoms with E-state index in [9.17, 15) is 35.9 Å². The fraction of sp³-hybridized carbons (Fsp3) is 0.143. The molecule has 9 heteroatoms. The van der Waals surface area contributed by atoms with E-state index in [1.807, 2.05) is 0 Å². The Hall–Kier alpha value is -3.36. The number of hydrogen-bond donors (Lipinski definition) is 0. The van der Waals surface area contributed by atoms with Gasteiger partial charge >= 0.3 is 12.4 Å². The lowest BCUT2D eigenvalue weighted by Crippen LogP contribution is -2.20. The Labute approximate surface area is 166 Å². The third-order valence-corrected chi connectivity index (χ3v) is 4.35. The summed E-state index contributed by atoms with van der Waals surface area (Å²) in [5.74, 6) is -0.962. The Kier molecular flexibility index (Phi) is 5.32. The maximum atomic E-state index is 13.0. The minimum absolute atomic E-state index is 0.0656. The lowest BCUT2D eigenvalue weighted by atomic mass is 9.98. The molecule has 1 heterocycles. The van der Waals surface area contributed by atoms with Crippen LogP contribution in [0, 0.1) is 0 Å². The molecule has 0 amide bonds. The summed E-state index contributed by atoms with van der Waals surface area (Å²) in [6.07, 6.45) is -6.93.